The Morgan fingerprint density at radius 3 is 2.40 bits per heavy atom. The summed E-state index contributed by atoms with van der Waals surface area (Å²) in [5.74, 6) is 1.69. The van der Waals surface area contributed by atoms with Crippen molar-refractivity contribution in [1.82, 2.24) is 19.9 Å². The Bertz CT molecular complexity index is 1550. The van der Waals surface area contributed by atoms with Gasteiger partial charge >= 0.3 is 6.03 Å². The number of methoxy groups -OCH3 is 2. The van der Waals surface area contributed by atoms with Crippen LogP contribution in [-0.4, -0.2) is 73.3 Å². The van der Waals surface area contributed by atoms with Crippen molar-refractivity contribution in [2.24, 2.45) is 0 Å². The van der Waals surface area contributed by atoms with Crippen LogP contribution in [0.2, 0.25) is 10.0 Å². The number of anilines is 5. The maximum Gasteiger partial charge on any atom is 0.327 e. The van der Waals surface area contributed by atoms with E-state index in [1.165, 1.54) is 24.0 Å². The van der Waals surface area contributed by atoms with E-state index >= 15 is 0 Å². The van der Waals surface area contributed by atoms with Crippen molar-refractivity contribution < 1.29 is 14.3 Å². The fourth-order valence-electron chi connectivity index (χ4n) is 4.58. The first-order chi connectivity index (χ1) is 20.8. The van der Waals surface area contributed by atoms with Crippen LogP contribution >= 0.6 is 23.2 Å². The van der Waals surface area contributed by atoms with Gasteiger partial charge in [0.05, 0.1) is 31.5 Å². The van der Waals surface area contributed by atoms with E-state index in [-0.39, 0.29) is 22.3 Å². The number of likely N-dealkylation sites (N-methyl/N-ethyl adjacent to an activating group) is 1. The zero-order chi connectivity index (χ0) is 30.3. The zero-order valence-corrected chi connectivity index (χ0v) is 25.6. The molecule has 4 aromatic rings. The molecule has 224 valence electrons. The molecule has 3 heterocycles. The number of amides is 2. The van der Waals surface area contributed by atoms with Gasteiger partial charge in [-0.25, -0.2) is 19.7 Å². The second-order valence-electron chi connectivity index (χ2n) is 9.89. The number of hydrogen-bond donors (Lipinski definition) is 2. The minimum atomic E-state index is -0.519. The standard InChI is InChI=1S/C30H32Cl2N8O3/c1-38-12-14-39(15-13-38)22-7-5-21(6-8-22)36-25-16-26(35-19-34-25)40(18-20-4-11-27(43-3)33-17-20)30(41)37-29-23(31)9-10-24(42-2)28(29)32/h4-11,16-17,19H,12-15,18H2,1-3H3,(H,37,41)(H,34,35,36). The van der Waals surface area contributed by atoms with E-state index < -0.39 is 6.03 Å². The van der Waals surface area contributed by atoms with Crippen LogP contribution in [0, 0.1) is 0 Å². The molecule has 2 aromatic heterocycles. The highest BCUT2D eigenvalue weighted by atomic mass is 35.5. The molecule has 2 N–H and O–H groups in total. The van der Waals surface area contributed by atoms with Crippen molar-refractivity contribution in [2.75, 3.05) is 67.9 Å². The third-order valence-electron chi connectivity index (χ3n) is 7.04. The molecular weight excluding hydrogens is 591 g/mol. The molecular formula is C30H32Cl2N8O3. The van der Waals surface area contributed by atoms with Gasteiger partial charge in [0, 0.05) is 55.9 Å². The number of benzene rings is 2. The molecule has 0 bridgehead atoms. The molecule has 0 atom stereocenters. The van der Waals surface area contributed by atoms with Crippen molar-refractivity contribution in [3.63, 3.8) is 0 Å². The lowest BCUT2D eigenvalue weighted by Gasteiger charge is -2.34. The lowest BCUT2D eigenvalue weighted by molar-refractivity contribution is 0.256. The second-order valence-corrected chi connectivity index (χ2v) is 10.7. The number of hydrogen-bond acceptors (Lipinski definition) is 9. The fraction of sp³-hybridized carbons (Fsp3) is 0.267. The van der Waals surface area contributed by atoms with Crippen molar-refractivity contribution in [2.45, 2.75) is 6.54 Å². The maximum atomic E-state index is 13.7. The van der Waals surface area contributed by atoms with Gasteiger partial charge in [0.1, 0.15) is 28.7 Å². The van der Waals surface area contributed by atoms with E-state index in [4.69, 9.17) is 32.7 Å². The molecule has 0 spiro atoms. The predicted molar refractivity (Wildman–Crippen MR) is 170 cm³/mol. The average molecular weight is 624 g/mol. The monoisotopic (exact) mass is 622 g/mol. The molecule has 1 saturated heterocycles. The molecule has 0 unspecified atom stereocenters. The van der Waals surface area contributed by atoms with Gasteiger partial charge in [-0.15, -0.1) is 0 Å². The molecule has 0 radical (unpaired) electrons. The summed E-state index contributed by atoms with van der Waals surface area (Å²) in [5, 5.41) is 6.57. The van der Waals surface area contributed by atoms with Gasteiger partial charge in [0.25, 0.3) is 0 Å². The summed E-state index contributed by atoms with van der Waals surface area (Å²) < 4.78 is 10.5. The molecule has 1 fully saturated rings. The number of halogens is 2. The SMILES string of the molecule is COc1ccc(CN(C(=O)Nc2c(Cl)ccc(OC)c2Cl)c2cc(Nc3ccc(N4CCN(C)CC4)cc3)ncn2)cn1. The van der Waals surface area contributed by atoms with Crippen LogP contribution in [-0.2, 0) is 6.54 Å². The number of nitrogens with zero attached hydrogens (tertiary/aromatic N) is 6. The molecule has 13 heteroatoms. The highest BCUT2D eigenvalue weighted by molar-refractivity contribution is 6.40. The number of nitrogens with one attached hydrogen (secondary N) is 2. The summed E-state index contributed by atoms with van der Waals surface area (Å²) in [4.78, 5) is 32.9. The largest absolute Gasteiger partial charge is 0.495 e. The minimum Gasteiger partial charge on any atom is -0.495 e. The van der Waals surface area contributed by atoms with Crippen LogP contribution in [0.5, 0.6) is 11.6 Å². The first-order valence-electron chi connectivity index (χ1n) is 13.6. The number of carbonyl (C=O) groups excluding carboxylic acids is 1. The summed E-state index contributed by atoms with van der Waals surface area (Å²) in [6, 6.07) is 16.1. The van der Waals surface area contributed by atoms with Gasteiger partial charge in [-0.05, 0) is 49.0 Å². The Balaban J connectivity index is 1.39. The quantitative estimate of drug-likeness (QED) is 0.235. The van der Waals surface area contributed by atoms with E-state index in [1.54, 1.807) is 37.6 Å². The van der Waals surface area contributed by atoms with E-state index in [9.17, 15) is 4.79 Å². The van der Waals surface area contributed by atoms with Gasteiger partial charge in [-0.2, -0.15) is 0 Å². The zero-order valence-electron chi connectivity index (χ0n) is 24.1. The molecule has 2 aromatic carbocycles. The summed E-state index contributed by atoms with van der Waals surface area (Å²) in [7, 11) is 5.17. The number of rotatable bonds is 9. The molecule has 5 rings (SSSR count). The van der Waals surface area contributed by atoms with E-state index in [1.807, 2.05) is 18.2 Å². The van der Waals surface area contributed by atoms with Gasteiger partial charge < -0.3 is 29.9 Å². The summed E-state index contributed by atoms with van der Waals surface area (Å²) >= 11 is 12.9. The van der Waals surface area contributed by atoms with Gasteiger partial charge in [0.2, 0.25) is 5.88 Å². The molecule has 1 aliphatic heterocycles. The van der Waals surface area contributed by atoms with Crippen LogP contribution in [0.3, 0.4) is 0 Å². The molecule has 0 saturated carbocycles. The predicted octanol–water partition coefficient (Wildman–Crippen LogP) is 5.93. The van der Waals surface area contributed by atoms with Crippen LogP contribution in [0.4, 0.5) is 33.5 Å². The van der Waals surface area contributed by atoms with Crippen molar-refractivity contribution >= 4 is 57.9 Å². The fourth-order valence-corrected chi connectivity index (χ4v) is 5.12. The topological polar surface area (TPSA) is 108 Å². The summed E-state index contributed by atoms with van der Waals surface area (Å²) in [6.45, 7) is 4.20. The van der Waals surface area contributed by atoms with Gasteiger partial charge in [0.15, 0.2) is 0 Å². The van der Waals surface area contributed by atoms with Gasteiger partial charge in [-0.3, -0.25) is 4.90 Å². The highest BCUT2D eigenvalue weighted by Crippen LogP contribution is 2.38. The normalized spacial score (nSPS) is 13.4. The third kappa shape index (κ3) is 7.37. The summed E-state index contributed by atoms with van der Waals surface area (Å²) in [6.07, 6.45) is 3.03. The molecule has 43 heavy (non-hydrogen) atoms. The Labute approximate surface area is 260 Å². The van der Waals surface area contributed by atoms with Crippen molar-refractivity contribution in [3.8, 4) is 11.6 Å². The first kappa shape index (κ1) is 30.1. The van der Waals surface area contributed by atoms with Crippen LogP contribution in [0.1, 0.15) is 5.56 Å². The second kappa shape index (κ2) is 13.8. The van der Waals surface area contributed by atoms with Crippen LogP contribution < -0.4 is 29.9 Å². The third-order valence-corrected chi connectivity index (χ3v) is 7.73. The first-order valence-corrected chi connectivity index (χ1v) is 14.3. The number of ether oxygens (including phenoxy) is 2. The molecule has 1 aliphatic rings. The number of piperazine rings is 1. The lowest BCUT2D eigenvalue weighted by atomic mass is 10.2. The number of urea groups is 1. The smallest absolute Gasteiger partial charge is 0.327 e. The van der Waals surface area contributed by atoms with E-state index in [0.29, 0.717) is 23.3 Å². The molecule has 0 aliphatic carbocycles. The average Bonchev–Trinajstić information content (AvgIpc) is 3.03. The minimum absolute atomic E-state index is 0.137. The summed E-state index contributed by atoms with van der Waals surface area (Å²) in [5.41, 5.74) is 2.99. The Hall–Kier alpha value is -4.32. The Kier molecular flexibility index (Phi) is 9.65. The maximum absolute atomic E-state index is 13.7. The highest BCUT2D eigenvalue weighted by Gasteiger charge is 2.22. The molecule has 11 nitrogen and oxygen atoms in total. The van der Waals surface area contributed by atoms with Crippen LogP contribution in [0.15, 0.2) is 67.1 Å². The van der Waals surface area contributed by atoms with Crippen molar-refractivity contribution in [1.29, 1.82) is 0 Å². The molecule has 2 amide bonds. The Morgan fingerprint density at radius 2 is 1.72 bits per heavy atom. The Morgan fingerprint density at radius 1 is 0.953 bits per heavy atom. The number of aromatic nitrogens is 3. The number of carbonyl (C=O) groups is 1. The number of pyridine rings is 1. The van der Waals surface area contributed by atoms with Crippen LogP contribution in [0.25, 0.3) is 0 Å². The van der Waals surface area contributed by atoms with Gasteiger partial charge in [-0.1, -0.05) is 29.3 Å². The van der Waals surface area contributed by atoms with E-state index in [2.05, 4.69) is 54.6 Å². The van der Waals surface area contributed by atoms with Crippen molar-refractivity contribution in [3.05, 3.63) is 82.7 Å². The van der Waals surface area contributed by atoms with E-state index in [0.717, 1.165) is 37.4 Å². The lowest BCUT2D eigenvalue weighted by Crippen LogP contribution is -2.44.